The number of fused-ring (bicyclic) bond motifs is 3. The van der Waals surface area contributed by atoms with Crippen LogP contribution in [0.4, 0.5) is 0 Å². The van der Waals surface area contributed by atoms with Crippen LogP contribution in [0.5, 0.6) is 0 Å². The summed E-state index contributed by atoms with van der Waals surface area (Å²) in [4.78, 5) is 19.9. The Morgan fingerprint density at radius 1 is 1.21 bits per heavy atom. The summed E-state index contributed by atoms with van der Waals surface area (Å²) in [6.07, 6.45) is 0.797. The van der Waals surface area contributed by atoms with Crippen LogP contribution in [0, 0.1) is 0 Å². The Morgan fingerprint density at radius 3 is 2.88 bits per heavy atom. The number of nitrogens with two attached hydrogens (primary N) is 1. The van der Waals surface area contributed by atoms with Gasteiger partial charge in [0, 0.05) is 33.9 Å². The van der Waals surface area contributed by atoms with E-state index in [9.17, 15) is 4.79 Å². The van der Waals surface area contributed by atoms with E-state index < -0.39 is 0 Å². The van der Waals surface area contributed by atoms with Gasteiger partial charge in [-0.05, 0) is 30.7 Å². The molecule has 6 heteroatoms. The van der Waals surface area contributed by atoms with Crippen molar-refractivity contribution in [3.8, 4) is 0 Å². The molecular weight excluding hydrogens is 302 g/mol. The maximum Gasteiger partial charge on any atom is 0.251 e. The predicted octanol–water partition coefficient (Wildman–Crippen LogP) is 1.73. The van der Waals surface area contributed by atoms with Crippen LogP contribution in [-0.4, -0.2) is 36.0 Å². The van der Waals surface area contributed by atoms with Crippen LogP contribution >= 0.6 is 0 Å². The number of para-hydroxylation sites is 1. The molecule has 1 aromatic heterocycles. The van der Waals surface area contributed by atoms with E-state index in [1.54, 1.807) is 0 Å². The summed E-state index contributed by atoms with van der Waals surface area (Å²) in [7, 11) is 0. The molecule has 0 spiro atoms. The molecule has 1 aliphatic rings. The van der Waals surface area contributed by atoms with Gasteiger partial charge >= 0.3 is 0 Å². The van der Waals surface area contributed by atoms with Gasteiger partial charge in [-0.25, -0.2) is 0 Å². The van der Waals surface area contributed by atoms with Gasteiger partial charge in [0.25, 0.3) is 5.91 Å². The number of aliphatic imine (C=N–C) groups is 1. The van der Waals surface area contributed by atoms with Gasteiger partial charge in [0.2, 0.25) is 0 Å². The zero-order valence-electron chi connectivity index (χ0n) is 13.2. The lowest BCUT2D eigenvalue weighted by Gasteiger charge is -2.11. The highest BCUT2D eigenvalue weighted by molar-refractivity contribution is 6.09. The van der Waals surface area contributed by atoms with Crippen LogP contribution in [0.15, 0.2) is 47.5 Å². The van der Waals surface area contributed by atoms with Crippen molar-refractivity contribution >= 4 is 33.7 Å². The second-order valence-electron chi connectivity index (χ2n) is 6.04. The summed E-state index contributed by atoms with van der Waals surface area (Å²) in [6, 6.07) is 14.1. The number of rotatable bonds is 4. The average molecular weight is 321 g/mol. The highest BCUT2D eigenvalue weighted by Gasteiger charge is 2.15. The number of hydrogen-bond donors (Lipinski definition) is 4. The smallest absolute Gasteiger partial charge is 0.251 e. The van der Waals surface area contributed by atoms with E-state index in [2.05, 4.69) is 26.7 Å². The minimum absolute atomic E-state index is 0.0610. The summed E-state index contributed by atoms with van der Waals surface area (Å²) in [6.45, 7) is 1.26. The number of benzene rings is 2. The maximum atomic E-state index is 12.4. The summed E-state index contributed by atoms with van der Waals surface area (Å²) in [5.74, 6) is 0.421. The fourth-order valence-corrected chi connectivity index (χ4v) is 3.12. The van der Waals surface area contributed by atoms with Crippen LogP contribution in [0.1, 0.15) is 16.8 Å². The molecule has 0 aliphatic carbocycles. The number of carbonyl (C=O) groups is 1. The largest absolute Gasteiger partial charge is 0.370 e. The van der Waals surface area contributed by atoms with Gasteiger partial charge in [-0.3, -0.25) is 9.79 Å². The standard InChI is InChI=1S/C18H19N5O/c19-18-21-10-12(22-18)7-8-20-17(24)11-5-6-16-14(9-11)13-3-1-2-4-15(13)23-16/h1-6,9,12,23H,7-8,10H2,(H,20,24)(H3,19,21,22). The second-order valence-corrected chi connectivity index (χ2v) is 6.04. The Balaban J connectivity index is 1.47. The molecular formula is C18H19N5O. The third kappa shape index (κ3) is 2.67. The lowest BCUT2D eigenvalue weighted by Crippen LogP contribution is -2.37. The Kier molecular flexibility index (Phi) is 3.57. The number of carbonyl (C=O) groups excluding carboxylic acids is 1. The van der Waals surface area contributed by atoms with Gasteiger partial charge in [-0.15, -0.1) is 0 Å². The molecule has 6 nitrogen and oxygen atoms in total. The third-order valence-corrected chi connectivity index (χ3v) is 4.38. The van der Waals surface area contributed by atoms with Gasteiger partial charge in [-0.2, -0.15) is 0 Å². The Bertz CT molecular complexity index is 943. The zero-order valence-corrected chi connectivity index (χ0v) is 13.2. The molecule has 1 amide bonds. The average Bonchev–Trinajstić information content (AvgIpc) is 3.17. The minimum atomic E-state index is -0.0610. The number of hydrogen-bond acceptors (Lipinski definition) is 4. The number of guanidine groups is 1. The molecule has 2 aromatic carbocycles. The van der Waals surface area contributed by atoms with Crippen LogP contribution in [0.2, 0.25) is 0 Å². The molecule has 5 N–H and O–H groups in total. The minimum Gasteiger partial charge on any atom is -0.370 e. The number of amides is 1. The first-order chi connectivity index (χ1) is 11.7. The number of aromatic amines is 1. The van der Waals surface area contributed by atoms with Crippen LogP contribution in [0.3, 0.4) is 0 Å². The normalized spacial score (nSPS) is 17.0. The summed E-state index contributed by atoms with van der Waals surface area (Å²) in [5.41, 5.74) is 8.37. The van der Waals surface area contributed by atoms with Crippen molar-refractivity contribution in [2.24, 2.45) is 10.7 Å². The van der Waals surface area contributed by atoms with Crippen molar-refractivity contribution in [3.05, 3.63) is 48.0 Å². The molecule has 4 rings (SSSR count). The van der Waals surface area contributed by atoms with Gasteiger partial charge in [0.05, 0.1) is 12.6 Å². The third-order valence-electron chi connectivity index (χ3n) is 4.38. The van der Waals surface area contributed by atoms with E-state index in [1.165, 1.54) is 0 Å². The Hall–Kier alpha value is -3.02. The molecule has 0 saturated heterocycles. The van der Waals surface area contributed by atoms with E-state index in [0.717, 1.165) is 28.2 Å². The second kappa shape index (κ2) is 5.88. The SMILES string of the molecule is NC1=NCC(CCNC(=O)c2ccc3[nH]c4ccccc4c3c2)N1. The van der Waals surface area contributed by atoms with E-state index in [1.807, 2.05) is 36.4 Å². The fraction of sp³-hybridized carbons (Fsp3) is 0.222. The number of aromatic nitrogens is 1. The van der Waals surface area contributed by atoms with E-state index in [-0.39, 0.29) is 11.9 Å². The molecule has 0 bridgehead atoms. The highest BCUT2D eigenvalue weighted by atomic mass is 16.1. The molecule has 122 valence electrons. The molecule has 1 aliphatic heterocycles. The topological polar surface area (TPSA) is 95.3 Å². The molecule has 0 saturated carbocycles. The first-order valence-corrected chi connectivity index (χ1v) is 8.06. The lowest BCUT2D eigenvalue weighted by molar-refractivity contribution is 0.0952. The van der Waals surface area contributed by atoms with Crippen molar-refractivity contribution in [1.82, 2.24) is 15.6 Å². The summed E-state index contributed by atoms with van der Waals surface area (Å²) >= 11 is 0. The molecule has 3 aromatic rings. The van der Waals surface area contributed by atoms with E-state index in [0.29, 0.717) is 24.6 Å². The first kappa shape index (κ1) is 14.6. The molecule has 24 heavy (non-hydrogen) atoms. The van der Waals surface area contributed by atoms with Crippen LogP contribution < -0.4 is 16.4 Å². The fourth-order valence-electron chi connectivity index (χ4n) is 3.12. The van der Waals surface area contributed by atoms with Crippen molar-refractivity contribution in [1.29, 1.82) is 0 Å². The van der Waals surface area contributed by atoms with Crippen molar-refractivity contribution in [2.75, 3.05) is 13.1 Å². The summed E-state index contributed by atoms with van der Waals surface area (Å²) < 4.78 is 0. The number of nitrogens with zero attached hydrogens (tertiary/aromatic N) is 1. The Morgan fingerprint density at radius 2 is 2.04 bits per heavy atom. The van der Waals surface area contributed by atoms with Gasteiger partial charge in [0.15, 0.2) is 5.96 Å². The first-order valence-electron chi connectivity index (χ1n) is 8.06. The molecule has 1 atom stereocenters. The van der Waals surface area contributed by atoms with Gasteiger partial charge in [-0.1, -0.05) is 18.2 Å². The van der Waals surface area contributed by atoms with E-state index >= 15 is 0 Å². The van der Waals surface area contributed by atoms with Crippen LogP contribution in [0.25, 0.3) is 21.8 Å². The maximum absolute atomic E-state index is 12.4. The highest BCUT2D eigenvalue weighted by Crippen LogP contribution is 2.25. The van der Waals surface area contributed by atoms with E-state index in [4.69, 9.17) is 5.73 Å². The predicted molar refractivity (Wildman–Crippen MR) is 96.2 cm³/mol. The molecule has 1 unspecified atom stereocenters. The lowest BCUT2D eigenvalue weighted by atomic mass is 10.1. The van der Waals surface area contributed by atoms with Gasteiger partial charge < -0.3 is 21.4 Å². The monoisotopic (exact) mass is 321 g/mol. The molecule has 2 heterocycles. The van der Waals surface area contributed by atoms with Crippen molar-refractivity contribution < 1.29 is 4.79 Å². The summed E-state index contributed by atoms with van der Waals surface area (Å²) in [5, 5.41) is 8.24. The number of nitrogens with one attached hydrogen (secondary N) is 3. The number of H-pyrrole nitrogens is 1. The van der Waals surface area contributed by atoms with Crippen molar-refractivity contribution in [3.63, 3.8) is 0 Å². The zero-order chi connectivity index (χ0) is 16.5. The Labute approximate surface area is 139 Å². The quantitative estimate of drug-likeness (QED) is 0.589. The van der Waals surface area contributed by atoms with Crippen LogP contribution in [-0.2, 0) is 0 Å². The molecule has 0 radical (unpaired) electrons. The molecule has 0 fully saturated rings. The van der Waals surface area contributed by atoms with Crippen molar-refractivity contribution in [2.45, 2.75) is 12.5 Å². The van der Waals surface area contributed by atoms with Gasteiger partial charge in [0.1, 0.15) is 0 Å².